The van der Waals surface area contributed by atoms with E-state index in [0.717, 1.165) is 25.6 Å². The summed E-state index contributed by atoms with van der Waals surface area (Å²) in [6, 6.07) is 10.8. The van der Waals surface area contributed by atoms with Crippen LogP contribution in [-0.4, -0.2) is 56.5 Å². The second kappa shape index (κ2) is 14.7. The van der Waals surface area contributed by atoms with Crippen molar-refractivity contribution in [2.75, 3.05) is 39.8 Å². The predicted octanol–water partition coefficient (Wildman–Crippen LogP) is 2.62. The number of nitrogens with one attached hydrogen (secondary N) is 3. The summed E-state index contributed by atoms with van der Waals surface area (Å²) >= 11 is 0. The maximum absolute atomic E-state index is 11.6. The van der Waals surface area contributed by atoms with E-state index in [4.69, 9.17) is 0 Å². The number of amides is 1. The molecule has 1 aromatic rings. The Morgan fingerprint density at radius 1 is 1.04 bits per heavy atom. The average molecular weight is 489 g/mol. The molecular weight excluding hydrogens is 453 g/mol. The van der Waals surface area contributed by atoms with Crippen LogP contribution in [0.3, 0.4) is 0 Å². The van der Waals surface area contributed by atoms with Crippen molar-refractivity contribution in [2.45, 2.75) is 33.7 Å². The summed E-state index contributed by atoms with van der Waals surface area (Å²) in [5.74, 6) is 0.824. The Kier molecular flexibility index (Phi) is 13.9. The topological polar surface area (TPSA) is 68.8 Å². The number of guanidine groups is 1. The minimum Gasteiger partial charge on any atom is -0.355 e. The van der Waals surface area contributed by atoms with Gasteiger partial charge >= 0.3 is 0 Å². The van der Waals surface area contributed by atoms with Crippen molar-refractivity contribution in [3.8, 4) is 0 Å². The van der Waals surface area contributed by atoms with E-state index >= 15 is 0 Å². The molecule has 0 saturated heterocycles. The van der Waals surface area contributed by atoms with Gasteiger partial charge in [-0.25, -0.2) is 0 Å². The number of nitrogens with zero attached hydrogens (tertiary/aromatic N) is 2. The molecule has 0 aliphatic heterocycles. The van der Waals surface area contributed by atoms with E-state index in [1.807, 2.05) is 19.9 Å². The highest BCUT2D eigenvalue weighted by Crippen LogP contribution is 2.19. The Labute approximate surface area is 181 Å². The largest absolute Gasteiger partial charge is 0.355 e. The fourth-order valence-corrected chi connectivity index (χ4v) is 2.78. The molecule has 1 aromatic carbocycles. The number of hydrogen-bond acceptors (Lipinski definition) is 3. The zero-order valence-corrected chi connectivity index (χ0v) is 19.6. The molecule has 0 bridgehead atoms. The third-order valence-corrected chi connectivity index (χ3v) is 4.36. The number of rotatable bonds is 10. The SMILES string of the molecule is CCN(CC)C(CNC(=NC)NCCNC(=O)C(C)C)c1ccccc1.I. The van der Waals surface area contributed by atoms with E-state index in [1.165, 1.54) is 5.56 Å². The second-order valence-corrected chi connectivity index (χ2v) is 6.47. The molecule has 0 heterocycles. The van der Waals surface area contributed by atoms with Crippen LogP contribution in [0.4, 0.5) is 0 Å². The van der Waals surface area contributed by atoms with Gasteiger partial charge in [0.1, 0.15) is 0 Å². The molecule has 0 saturated carbocycles. The number of likely N-dealkylation sites (N-methyl/N-ethyl adjacent to an activating group) is 1. The predicted molar refractivity (Wildman–Crippen MR) is 125 cm³/mol. The first-order valence-electron chi connectivity index (χ1n) is 9.54. The van der Waals surface area contributed by atoms with Crippen molar-refractivity contribution < 1.29 is 4.79 Å². The van der Waals surface area contributed by atoms with Crippen LogP contribution in [0.2, 0.25) is 0 Å². The molecule has 1 atom stereocenters. The molecule has 0 spiro atoms. The first kappa shape index (κ1) is 25.6. The van der Waals surface area contributed by atoms with Crippen LogP contribution in [0, 0.1) is 5.92 Å². The van der Waals surface area contributed by atoms with Crippen molar-refractivity contribution in [1.29, 1.82) is 0 Å². The quantitative estimate of drug-likeness (QED) is 0.205. The number of aliphatic imine (C=N–C) groups is 1. The van der Waals surface area contributed by atoms with Crippen molar-refractivity contribution >= 4 is 35.8 Å². The van der Waals surface area contributed by atoms with E-state index in [1.54, 1.807) is 7.05 Å². The lowest BCUT2D eigenvalue weighted by atomic mass is 10.1. The van der Waals surface area contributed by atoms with Gasteiger partial charge in [-0.1, -0.05) is 58.0 Å². The average Bonchev–Trinajstić information content (AvgIpc) is 2.66. The first-order chi connectivity index (χ1) is 12.5. The lowest BCUT2D eigenvalue weighted by Gasteiger charge is -2.30. The summed E-state index contributed by atoms with van der Waals surface area (Å²) in [4.78, 5) is 18.3. The molecule has 1 rings (SSSR count). The van der Waals surface area contributed by atoms with Gasteiger partial charge in [-0.15, -0.1) is 24.0 Å². The number of hydrogen-bond donors (Lipinski definition) is 3. The van der Waals surface area contributed by atoms with Crippen molar-refractivity contribution in [3.63, 3.8) is 0 Å². The molecule has 3 N–H and O–H groups in total. The summed E-state index contributed by atoms with van der Waals surface area (Å²) in [7, 11) is 1.76. The molecule has 1 unspecified atom stereocenters. The molecule has 0 aliphatic carbocycles. The molecule has 7 heteroatoms. The Hall–Kier alpha value is -1.35. The van der Waals surface area contributed by atoms with Crippen molar-refractivity contribution in [2.24, 2.45) is 10.9 Å². The standard InChI is InChI=1S/C20H35N5O.HI/c1-6-25(7-2)18(17-11-9-8-10-12-17)15-24-20(21-5)23-14-13-22-19(26)16(3)4;/h8-12,16,18H,6-7,13-15H2,1-5H3,(H,22,26)(H2,21,23,24);1H. The summed E-state index contributed by atoms with van der Waals surface area (Å²) in [5.41, 5.74) is 1.29. The third kappa shape index (κ3) is 9.41. The van der Waals surface area contributed by atoms with E-state index in [0.29, 0.717) is 13.1 Å². The van der Waals surface area contributed by atoms with Gasteiger partial charge in [-0.2, -0.15) is 0 Å². The molecule has 0 aromatic heterocycles. The van der Waals surface area contributed by atoms with E-state index in [2.05, 4.69) is 64.0 Å². The lowest BCUT2D eigenvalue weighted by molar-refractivity contribution is -0.123. The summed E-state index contributed by atoms with van der Waals surface area (Å²) in [5, 5.41) is 9.56. The van der Waals surface area contributed by atoms with Crippen LogP contribution in [0.15, 0.2) is 35.3 Å². The van der Waals surface area contributed by atoms with Crippen molar-refractivity contribution in [3.05, 3.63) is 35.9 Å². The zero-order chi connectivity index (χ0) is 19.4. The van der Waals surface area contributed by atoms with Gasteiger partial charge in [0.05, 0.1) is 6.04 Å². The maximum Gasteiger partial charge on any atom is 0.222 e. The van der Waals surface area contributed by atoms with Crippen LogP contribution >= 0.6 is 24.0 Å². The molecular formula is C20H36IN5O. The molecule has 1 amide bonds. The number of carbonyl (C=O) groups is 1. The maximum atomic E-state index is 11.6. The molecule has 6 nitrogen and oxygen atoms in total. The minimum atomic E-state index is 0. The van der Waals surface area contributed by atoms with E-state index in [9.17, 15) is 4.79 Å². The first-order valence-corrected chi connectivity index (χ1v) is 9.54. The number of carbonyl (C=O) groups excluding carboxylic acids is 1. The smallest absolute Gasteiger partial charge is 0.222 e. The monoisotopic (exact) mass is 489 g/mol. The van der Waals surface area contributed by atoms with Crippen molar-refractivity contribution in [1.82, 2.24) is 20.9 Å². The number of benzene rings is 1. The van der Waals surface area contributed by atoms with Gasteiger partial charge in [-0.05, 0) is 18.7 Å². The highest BCUT2D eigenvalue weighted by atomic mass is 127. The van der Waals surface area contributed by atoms with Gasteiger partial charge in [0.15, 0.2) is 5.96 Å². The minimum absolute atomic E-state index is 0. The zero-order valence-electron chi connectivity index (χ0n) is 17.3. The van der Waals surface area contributed by atoms with E-state index in [-0.39, 0.29) is 41.8 Å². The molecule has 0 fully saturated rings. The lowest BCUT2D eigenvalue weighted by Crippen LogP contribution is -2.45. The normalized spacial score (nSPS) is 12.5. The molecule has 0 aliphatic rings. The molecule has 0 radical (unpaired) electrons. The Morgan fingerprint density at radius 2 is 1.63 bits per heavy atom. The highest BCUT2D eigenvalue weighted by Gasteiger charge is 2.18. The second-order valence-electron chi connectivity index (χ2n) is 6.47. The summed E-state index contributed by atoms with van der Waals surface area (Å²) in [6.07, 6.45) is 0. The summed E-state index contributed by atoms with van der Waals surface area (Å²) < 4.78 is 0. The fraction of sp³-hybridized carbons (Fsp3) is 0.600. The van der Waals surface area contributed by atoms with E-state index < -0.39 is 0 Å². The van der Waals surface area contributed by atoms with Gasteiger partial charge in [0, 0.05) is 32.6 Å². The van der Waals surface area contributed by atoms with Gasteiger partial charge in [-0.3, -0.25) is 14.7 Å². The Bertz CT molecular complexity index is 547. The highest BCUT2D eigenvalue weighted by molar-refractivity contribution is 14.0. The van der Waals surface area contributed by atoms with Crippen LogP contribution < -0.4 is 16.0 Å². The molecule has 154 valence electrons. The third-order valence-electron chi connectivity index (χ3n) is 4.36. The van der Waals surface area contributed by atoms with Crippen LogP contribution in [0.1, 0.15) is 39.3 Å². The Balaban J connectivity index is 0.00000676. The van der Waals surface area contributed by atoms with Gasteiger partial charge in [0.2, 0.25) is 5.91 Å². The fourth-order valence-electron chi connectivity index (χ4n) is 2.78. The van der Waals surface area contributed by atoms with Crippen LogP contribution in [-0.2, 0) is 4.79 Å². The van der Waals surface area contributed by atoms with Gasteiger partial charge in [0.25, 0.3) is 0 Å². The Morgan fingerprint density at radius 3 is 2.15 bits per heavy atom. The van der Waals surface area contributed by atoms with Crippen LogP contribution in [0.5, 0.6) is 0 Å². The number of halogens is 1. The van der Waals surface area contributed by atoms with Gasteiger partial charge < -0.3 is 16.0 Å². The van der Waals surface area contributed by atoms with Crippen LogP contribution in [0.25, 0.3) is 0 Å². The summed E-state index contributed by atoms with van der Waals surface area (Å²) in [6.45, 7) is 12.1. The molecule has 27 heavy (non-hydrogen) atoms.